The summed E-state index contributed by atoms with van der Waals surface area (Å²) >= 11 is 1.31. The highest BCUT2D eigenvalue weighted by molar-refractivity contribution is 7.15. The number of hydrogen-bond donors (Lipinski definition) is 3. The van der Waals surface area contributed by atoms with Gasteiger partial charge in [-0.25, -0.2) is 10.8 Å². The number of hydrogen-bond acceptors (Lipinski definition) is 5. The van der Waals surface area contributed by atoms with Crippen LogP contribution in [0.5, 0.6) is 0 Å². The number of nitrogens with one attached hydrogen (secondary N) is 1. The molecule has 1 aromatic heterocycles. The van der Waals surface area contributed by atoms with Crippen LogP contribution in [0, 0.1) is 6.92 Å². The first kappa shape index (κ1) is 8.95. The zero-order chi connectivity index (χ0) is 9.14. The zero-order valence-electron chi connectivity index (χ0n) is 6.63. The van der Waals surface area contributed by atoms with Gasteiger partial charge in [0.2, 0.25) is 5.91 Å². The van der Waals surface area contributed by atoms with Gasteiger partial charge in [0, 0.05) is 4.88 Å². The van der Waals surface area contributed by atoms with Gasteiger partial charge >= 0.3 is 0 Å². The fourth-order valence-electron chi connectivity index (χ4n) is 0.811. The molecule has 66 valence electrons. The van der Waals surface area contributed by atoms with Crippen molar-refractivity contribution in [2.45, 2.75) is 13.3 Å². The Kier molecular flexibility index (Phi) is 2.61. The van der Waals surface area contributed by atoms with Gasteiger partial charge in [-0.15, -0.1) is 11.3 Å². The van der Waals surface area contributed by atoms with E-state index in [2.05, 4.69) is 4.98 Å². The van der Waals surface area contributed by atoms with Gasteiger partial charge in [0.1, 0.15) is 0 Å². The minimum absolute atomic E-state index is 0.234. The van der Waals surface area contributed by atoms with Crippen LogP contribution in [0.15, 0.2) is 0 Å². The molecule has 0 atom stereocenters. The van der Waals surface area contributed by atoms with Gasteiger partial charge in [-0.05, 0) is 6.92 Å². The van der Waals surface area contributed by atoms with E-state index in [9.17, 15) is 4.79 Å². The average molecular weight is 186 g/mol. The van der Waals surface area contributed by atoms with Crippen LogP contribution < -0.4 is 17.0 Å². The number of hydrazine groups is 1. The van der Waals surface area contributed by atoms with E-state index in [0.29, 0.717) is 5.13 Å². The molecule has 6 heteroatoms. The molecule has 0 bridgehead atoms. The lowest BCUT2D eigenvalue weighted by Gasteiger charge is -1.95. The fourth-order valence-corrected chi connectivity index (χ4v) is 1.64. The molecule has 1 heterocycles. The summed E-state index contributed by atoms with van der Waals surface area (Å²) in [6.07, 6.45) is 0.247. The van der Waals surface area contributed by atoms with E-state index in [1.807, 2.05) is 12.3 Å². The van der Waals surface area contributed by atoms with Crippen LogP contribution in [0.3, 0.4) is 0 Å². The number of anilines is 1. The molecule has 1 aromatic rings. The van der Waals surface area contributed by atoms with E-state index in [-0.39, 0.29) is 12.3 Å². The van der Waals surface area contributed by atoms with Gasteiger partial charge in [-0.3, -0.25) is 10.2 Å². The topological polar surface area (TPSA) is 94.0 Å². The van der Waals surface area contributed by atoms with Crippen LogP contribution in [0.25, 0.3) is 0 Å². The van der Waals surface area contributed by atoms with Crippen LogP contribution >= 0.6 is 11.3 Å². The molecule has 0 aromatic carbocycles. The lowest BCUT2D eigenvalue weighted by atomic mass is 10.3. The Hall–Kier alpha value is -1.14. The van der Waals surface area contributed by atoms with Gasteiger partial charge < -0.3 is 5.73 Å². The number of rotatable bonds is 2. The molecular weight excluding hydrogens is 176 g/mol. The predicted molar refractivity (Wildman–Crippen MR) is 47.3 cm³/mol. The first-order valence-corrected chi connectivity index (χ1v) is 4.16. The average Bonchev–Trinajstić information content (AvgIpc) is 2.30. The van der Waals surface area contributed by atoms with Crippen LogP contribution in [0.1, 0.15) is 10.6 Å². The Bertz CT molecular complexity index is 296. The Labute approximate surface area is 73.7 Å². The van der Waals surface area contributed by atoms with Crippen molar-refractivity contribution in [1.82, 2.24) is 10.4 Å². The van der Waals surface area contributed by atoms with Gasteiger partial charge in [-0.1, -0.05) is 0 Å². The number of carbonyl (C=O) groups is 1. The van der Waals surface area contributed by atoms with Gasteiger partial charge in [0.05, 0.1) is 12.1 Å². The van der Waals surface area contributed by atoms with Crippen molar-refractivity contribution in [2.75, 3.05) is 5.73 Å². The van der Waals surface area contributed by atoms with E-state index >= 15 is 0 Å². The lowest BCUT2D eigenvalue weighted by molar-refractivity contribution is -0.120. The second kappa shape index (κ2) is 3.51. The van der Waals surface area contributed by atoms with Crippen molar-refractivity contribution in [3.63, 3.8) is 0 Å². The van der Waals surface area contributed by atoms with Crippen LogP contribution in [-0.4, -0.2) is 10.9 Å². The summed E-state index contributed by atoms with van der Waals surface area (Å²) in [5.74, 6) is 4.70. The Morgan fingerprint density at radius 1 is 1.75 bits per heavy atom. The molecule has 0 aliphatic heterocycles. The third kappa shape index (κ3) is 1.93. The van der Waals surface area contributed by atoms with E-state index in [1.54, 1.807) is 0 Å². The number of thiazole rings is 1. The van der Waals surface area contributed by atoms with Crippen molar-refractivity contribution in [1.29, 1.82) is 0 Å². The molecule has 0 aliphatic carbocycles. The van der Waals surface area contributed by atoms with Crippen LogP contribution in [0.2, 0.25) is 0 Å². The first-order valence-electron chi connectivity index (χ1n) is 3.34. The summed E-state index contributed by atoms with van der Waals surface area (Å²) in [4.78, 5) is 15.7. The summed E-state index contributed by atoms with van der Waals surface area (Å²) in [5, 5.41) is 0.479. The standard InChI is InChI=1S/C6H10N4OS/c1-3-4(2-5(11)10-8)12-6(7)9-3/h2,8H2,1H3,(H2,7,9)(H,10,11). The Morgan fingerprint density at radius 2 is 2.42 bits per heavy atom. The monoisotopic (exact) mass is 186 g/mol. The smallest absolute Gasteiger partial charge is 0.239 e. The maximum absolute atomic E-state index is 10.8. The molecule has 12 heavy (non-hydrogen) atoms. The lowest BCUT2D eigenvalue weighted by Crippen LogP contribution is -2.31. The maximum Gasteiger partial charge on any atom is 0.239 e. The number of aryl methyl sites for hydroxylation is 1. The van der Waals surface area contributed by atoms with Crippen molar-refractivity contribution >= 4 is 22.4 Å². The highest BCUT2D eigenvalue weighted by Gasteiger charge is 2.08. The van der Waals surface area contributed by atoms with Crippen molar-refractivity contribution in [3.8, 4) is 0 Å². The number of nitrogens with two attached hydrogens (primary N) is 2. The van der Waals surface area contributed by atoms with Crippen LogP contribution in [-0.2, 0) is 11.2 Å². The summed E-state index contributed by atoms with van der Waals surface area (Å²) in [6.45, 7) is 1.81. The van der Waals surface area contributed by atoms with Gasteiger partial charge in [-0.2, -0.15) is 0 Å². The highest BCUT2D eigenvalue weighted by Crippen LogP contribution is 2.19. The molecule has 0 aliphatic rings. The molecule has 0 fully saturated rings. The van der Waals surface area contributed by atoms with E-state index < -0.39 is 0 Å². The molecule has 0 saturated carbocycles. The highest BCUT2D eigenvalue weighted by atomic mass is 32.1. The van der Waals surface area contributed by atoms with Crippen molar-refractivity contribution in [3.05, 3.63) is 10.6 Å². The predicted octanol–water partition coefficient (Wildman–Crippen LogP) is -0.434. The quantitative estimate of drug-likeness (QED) is 0.332. The molecular formula is C6H10N4OS. The fraction of sp³-hybridized carbons (Fsp3) is 0.333. The molecule has 0 saturated heterocycles. The third-order valence-corrected chi connectivity index (χ3v) is 2.38. The minimum Gasteiger partial charge on any atom is -0.375 e. The van der Waals surface area contributed by atoms with Crippen molar-refractivity contribution < 1.29 is 4.79 Å². The first-order chi connectivity index (χ1) is 5.63. The number of amides is 1. The number of nitrogen functional groups attached to an aromatic ring is 1. The molecule has 5 nitrogen and oxygen atoms in total. The Morgan fingerprint density at radius 3 is 2.83 bits per heavy atom. The maximum atomic E-state index is 10.8. The third-order valence-electron chi connectivity index (χ3n) is 1.39. The molecule has 0 spiro atoms. The van der Waals surface area contributed by atoms with Crippen LogP contribution in [0.4, 0.5) is 5.13 Å². The SMILES string of the molecule is Cc1nc(N)sc1CC(=O)NN. The summed E-state index contributed by atoms with van der Waals surface area (Å²) in [6, 6.07) is 0. The zero-order valence-corrected chi connectivity index (χ0v) is 7.44. The summed E-state index contributed by atoms with van der Waals surface area (Å²) in [7, 11) is 0. The Balaban J connectivity index is 2.75. The largest absolute Gasteiger partial charge is 0.375 e. The number of nitrogens with zero attached hydrogens (tertiary/aromatic N) is 1. The second-order valence-corrected chi connectivity index (χ2v) is 3.42. The molecule has 1 amide bonds. The van der Waals surface area contributed by atoms with E-state index in [4.69, 9.17) is 11.6 Å². The molecule has 5 N–H and O–H groups in total. The summed E-state index contributed by atoms with van der Waals surface area (Å²) < 4.78 is 0. The van der Waals surface area contributed by atoms with Gasteiger partial charge in [0.15, 0.2) is 5.13 Å². The number of carbonyl (C=O) groups excluding carboxylic acids is 1. The number of aromatic nitrogens is 1. The minimum atomic E-state index is -0.234. The van der Waals surface area contributed by atoms with E-state index in [0.717, 1.165) is 10.6 Å². The normalized spacial score (nSPS) is 9.83. The summed E-state index contributed by atoms with van der Waals surface area (Å²) in [5.41, 5.74) is 8.28. The second-order valence-electron chi connectivity index (χ2n) is 2.30. The molecule has 0 unspecified atom stereocenters. The van der Waals surface area contributed by atoms with E-state index in [1.165, 1.54) is 11.3 Å². The van der Waals surface area contributed by atoms with Gasteiger partial charge in [0.25, 0.3) is 0 Å². The molecule has 0 radical (unpaired) electrons. The molecule has 1 rings (SSSR count). The van der Waals surface area contributed by atoms with Crippen molar-refractivity contribution in [2.24, 2.45) is 5.84 Å².